The van der Waals surface area contributed by atoms with E-state index in [2.05, 4.69) is 5.32 Å². The molecule has 0 unspecified atom stereocenters. The number of thioether (sulfide) groups is 1. The molecule has 0 aromatic carbocycles. The van der Waals surface area contributed by atoms with Gasteiger partial charge >= 0.3 is 12.0 Å². The van der Waals surface area contributed by atoms with Crippen LogP contribution in [0.3, 0.4) is 0 Å². The molecule has 2 amide bonds. The minimum absolute atomic E-state index is 0.0476. The van der Waals surface area contributed by atoms with Gasteiger partial charge in [-0.3, -0.25) is 9.59 Å². The Kier molecular flexibility index (Phi) is 10.1. The maximum absolute atomic E-state index is 12.5. The second-order valence-corrected chi connectivity index (χ2v) is 9.14. The Morgan fingerprint density at radius 3 is 2.35 bits per heavy atom. The van der Waals surface area contributed by atoms with Crippen molar-refractivity contribution < 1.29 is 19.1 Å². The third-order valence-electron chi connectivity index (χ3n) is 4.29. The van der Waals surface area contributed by atoms with Gasteiger partial charge in [0, 0.05) is 25.8 Å². The number of carbonyl (C=O) groups is 3. The number of rotatable bonds is 8. The lowest BCUT2D eigenvalue weighted by atomic mass is 9.87. The summed E-state index contributed by atoms with van der Waals surface area (Å²) in [5, 5.41) is 2.70. The van der Waals surface area contributed by atoms with Crippen molar-refractivity contribution in [3.05, 3.63) is 0 Å². The number of urea groups is 1. The molecule has 0 aliphatic heterocycles. The summed E-state index contributed by atoms with van der Waals surface area (Å²) in [5.74, 6) is 0.793. The number of nitrogens with zero attached hydrogens (tertiary/aromatic N) is 1. The number of amides is 2. The van der Waals surface area contributed by atoms with E-state index < -0.39 is 11.6 Å². The number of hydrogen-bond acceptors (Lipinski definition) is 5. The average Bonchev–Trinajstić information content (AvgIpc) is 2.55. The first-order valence-electron chi connectivity index (χ1n) is 9.55. The van der Waals surface area contributed by atoms with E-state index in [1.54, 1.807) is 25.7 Å². The summed E-state index contributed by atoms with van der Waals surface area (Å²) >= 11 is 1.22. The van der Waals surface area contributed by atoms with Crippen molar-refractivity contribution in [2.75, 3.05) is 25.4 Å². The second-order valence-electron chi connectivity index (χ2n) is 7.86. The third kappa shape index (κ3) is 10.7. The van der Waals surface area contributed by atoms with Gasteiger partial charge in [0.15, 0.2) is 5.12 Å². The van der Waals surface area contributed by atoms with E-state index in [1.807, 2.05) is 0 Å². The molecule has 7 heteroatoms. The fourth-order valence-corrected chi connectivity index (χ4v) is 3.66. The van der Waals surface area contributed by atoms with E-state index in [0.29, 0.717) is 24.8 Å². The van der Waals surface area contributed by atoms with E-state index in [-0.39, 0.29) is 17.7 Å². The first-order valence-corrected chi connectivity index (χ1v) is 10.5. The first-order chi connectivity index (χ1) is 12.2. The van der Waals surface area contributed by atoms with Crippen LogP contribution in [0.5, 0.6) is 0 Å². The van der Waals surface area contributed by atoms with Crippen LogP contribution in [0.25, 0.3) is 0 Å². The zero-order valence-corrected chi connectivity index (χ0v) is 17.5. The van der Waals surface area contributed by atoms with Crippen LogP contribution < -0.4 is 5.32 Å². The molecule has 1 aliphatic carbocycles. The number of carbonyl (C=O) groups excluding carboxylic acids is 3. The molecule has 0 atom stereocenters. The molecule has 1 fully saturated rings. The Labute approximate surface area is 161 Å². The smallest absolute Gasteiger partial charge is 0.325 e. The third-order valence-corrected chi connectivity index (χ3v) is 5.08. The monoisotopic (exact) mass is 386 g/mol. The molecule has 0 bridgehead atoms. The predicted molar refractivity (Wildman–Crippen MR) is 105 cm³/mol. The summed E-state index contributed by atoms with van der Waals surface area (Å²) in [5.41, 5.74) is -0.569. The van der Waals surface area contributed by atoms with Crippen molar-refractivity contribution in [3.8, 4) is 0 Å². The summed E-state index contributed by atoms with van der Waals surface area (Å²) in [4.78, 5) is 37.1. The molecular weight excluding hydrogens is 352 g/mol. The van der Waals surface area contributed by atoms with E-state index in [4.69, 9.17) is 4.74 Å². The standard InChI is InChI=1S/C19H34N2O4S/c1-15(22)26-13-12-21(11-10-16-8-6-5-7-9-16)18(24)20-14-17(23)25-19(2,3)4/h16H,5-14H2,1-4H3,(H,20,24). The van der Waals surface area contributed by atoms with Crippen LogP contribution in [-0.4, -0.2) is 53.0 Å². The summed E-state index contributed by atoms with van der Waals surface area (Å²) < 4.78 is 5.21. The van der Waals surface area contributed by atoms with E-state index in [1.165, 1.54) is 50.8 Å². The largest absolute Gasteiger partial charge is 0.459 e. The van der Waals surface area contributed by atoms with Gasteiger partial charge in [-0.25, -0.2) is 4.79 Å². The fraction of sp³-hybridized carbons (Fsp3) is 0.842. The Hall–Kier alpha value is -1.24. The summed E-state index contributed by atoms with van der Waals surface area (Å²) in [7, 11) is 0. The fourth-order valence-electron chi connectivity index (χ4n) is 3.07. The highest BCUT2D eigenvalue weighted by molar-refractivity contribution is 8.13. The molecule has 1 aliphatic rings. The first kappa shape index (κ1) is 22.8. The molecule has 0 radical (unpaired) electrons. The maximum atomic E-state index is 12.5. The lowest BCUT2D eigenvalue weighted by molar-refractivity contribution is -0.153. The molecule has 150 valence electrons. The molecule has 0 aromatic rings. The zero-order valence-electron chi connectivity index (χ0n) is 16.6. The van der Waals surface area contributed by atoms with Crippen LogP contribution in [0.2, 0.25) is 0 Å². The highest BCUT2D eigenvalue weighted by Crippen LogP contribution is 2.26. The van der Waals surface area contributed by atoms with Gasteiger partial charge in [0.2, 0.25) is 0 Å². The molecule has 1 rings (SSSR count). The molecular formula is C19H34N2O4S. The Morgan fingerprint density at radius 2 is 1.77 bits per heavy atom. The molecule has 26 heavy (non-hydrogen) atoms. The van der Waals surface area contributed by atoms with Crippen molar-refractivity contribution in [2.24, 2.45) is 5.92 Å². The molecule has 0 heterocycles. The SMILES string of the molecule is CC(=O)SCCN(CCC1CCCCC1)C(=O)NCC(=O)OC(C)(C)C. The van der Waals surface area contributed by atoms with Gasteiger partial charge < -0.3 is 15.0 Å². The van der Waals surface area contributed by atoms with Crippen molar-refractivity contribution in [1.29, 1.82) is 0 Å². The quantitative estimate of drug-likeness (QED) is 0.645. The van der Waals surface area contributed by atoms with Gasteiger partial charge in [-0.15, -0.1) is 0 Å². The molecule has 1 N–H and O–H groups in total. The minimum atomic E-state index is -0.569. The van der Waals surface area contributed by atoms with Crippen molar-refractivity contribution in [3.63, 3.8) is 0 Å². The predicted octanol–water partition coefficient (Wildman–Crippen LogP) is 3.59. The van der Waals surface area contributed by atoms with Crippen LogP contribution >= 0.6 is 11.8 Å². The lowest BCUT2D eigenvalue weighted by Crippen LogP contribution is -2.45. The number of nitrogens with one attached hydrogen (secondary N) is 1. The van der Waals surface area contributed by atoms with Crippen LogP contribution in [0, 0.1) is 5.92 Å². The van der Waals surface area contributed by atoms with Crippen LogP contribution in [0.1, 0.15) is 66.2 Å². The molecule has 0 aromatic heterocycles. The topological polar surface area (TPSA) is 75.7 Å². The maximum Gasteiger partial charge on any atom is 0.325 e. The highest BCUT2D eigenvalue weighted by Gasteiger charge is 2.20. The van der Waals surface area contributed by atoms with Gasteiger partial charge in [0.25, 0.3) is 0 Å². The average molecular weight is 387 g/mol. The summed E-state index contributed by atoms with van der Waals surface area (Å²) in [6.45, 7) is 7.92. The minimum Gasteiger partial charge on any atom is -0.459 e. The molecule has 0 spiro atoms. The highest BCUT2D eigenvalue weighted by atomic mass is 32.2. The van der Waals surface area contributed by atoms with Gasteiger partial charge in [-0.05, 0) is 33.1 Å². The van der Waals surface area contributed by atoms with Crippen LogP contribution in [0.4, 0.5) is 4.79 Å². The number of ether oxygens (including phenoxy) is 1. The Balaban J connectivity index is 2.47. The molecule has 0 saturated heterocycles. The van der Waals surface area contributed by atoms with Crippen molar-refractivity contribution in [1.82, 2.24) is 10.2 Å². The van der Waals surface area contributed by atoms with Gasteiger partial charge in [-0.2, -0.15) is 0 Å². The molecule has 6 nitrogen and oxygen atoms in total. The Bertz CT molecular complexity index is 471. The normalized spacial score (nSPS) is 15.4. The van der Waals surface area contributed by atoms with E-state index >= 15 is 0 Å². The van der Waals surface area contributed by atoms with E-state index in [9.17, 15) is 14.4 Å². The lowest BCUT2D eigenvalue weighted by Gasteiger charge is -2.27. The summed E-state index contributed by atoms with van der Waals surface area (Å²) in [6, 6.07) is -0.268. The van der Waals surface area contributed by atoms with Crippen molar-refractivity contribution in [2.45, 2.75) is 71.8 Å². The van der Waals surface area contributed by atoms with Gasteiger partial charge in [0.1, 0.15) is 12.1 Å². The Morgan fingerprint density at radius 1 is 1.12 bits per heavy atom. The summed E-state index contributed by atoms with van der Waals surface area (Å²) in [6.07, 6.45) is 7.30. The van der Waals surface area contributed by atoms with Crippen LogP contribution in [-0.2, 0) is 14.3 Å². The van der Waals surface area contributed by atoms with Crippen LogP contribution in [0.15, 0.2) is 0 Å². The van der Waals surface area contributed by atoms with E-state index in [0.717, 1.165) is 6.42 Å². The van der Waals surface area contributed by atoms with Gasteiger partial charge in [0.05, 0.1) is 0 Å². The number of hydrogen-bond donors (Lipinski definition) is 1. The molecule has 1 saturated carbocycles. The number of esters is 1. The van der Waals surface area contributed by atoms with Crippen molar-refractivity contribution >= 4 is 28.9 Å². The zero-order chi connectivity index (χ0) is 19.6. The van der Waals surface area contributed by atoms with Gasteiger partial charge in [-0.1, -0.05) is 43.9 Å². The second kappa shape index (κ2) is 11.5.